The van der Waals surface area contributed by atoms with Crippen LogP contribution in [0.3, 0.4) is 0 Å². The molecule has 4 nitrogen and oxygen atoms in total. The highest BCUT2D eigenvalue weighted by Crippen LogP contribution is 2.30. The number of halogens is 1. The lowest BCUT2D eigenvalue weighted by Crippen LogP contribution is -3.14. The lowest BCUT2D eigenvalue weighted by Gasteiger charge is -2.30. The zero-order valence-electron chi connectivity index (χ0n) is 14.9. The van der Waals surface area contributed by atoms with Gasteiger partial charge in [-0.1, -0.05) is 36.7 Å². The minimum absolute atomic E-state index is 0.00716. The lowest BCUT2D eigenvalue weighted by atomic mass is 10.00. The van der Waals surface area contributed by atoms with Crippen molar-refractivity contribution < 1.29 is 9.69 Å². The van der Waals surface area contributed by atoms with E-state index >= 15 is 0 Å². The molecular formula is C21H23ClN3O+. The highest BCUT2D eigenvalue weighted by molar-refractivity contribution is 6.54. The molecule has 2 aliphatic rings. The number of carbonyl (C=O) groups is 1. The molecule has 4 rings (SSSR count). The van der Waals surface area contributed by atoms with Crippen molar-refractivity contribution in [2.24, 2.45) is 10.9 Å². The zero-order valence-corrected chi connectivity index (χ0v) is 15.7. The summed E-state index contributed by atoms with van der Waals surface area (Å²) in [5, 5.41) is 0.664. The first-order chi connectivity index (χ1) is 12.6. The summed E-state index contributed by atoms with van der Waals surface area (Å²) >= 11 is 5.95. The average Bonchev–Trinajstić information content (AvgIpc) is 2.91. The van der Waals surface area contributed by atoms with Gasteiger partial charge in [-0.05, 0) is 49.1 Å². The molecule has 2 aromatic rings. The predicted molar refractivity (Wildman–Crippen MR) is 106 cm³/mol. The van der Waals surface area contributed by atoms with E-state index < -0.39 is 0 Å². The van der Waals surface area contributed by atoms with E-state index in [-0.39, 0.29) is 5.91 Å². The maximum Gasteiger partial charge on any atom is 0.281 e. The number of nitrogens with one attached hydrogen (secondary N) is 1. The molecule has 0 spiro atoms. The summed E-state index contributed by atoms with van der Waals surface area (Å²) in [6.07, 6.45) is 2.45. The summed E-state index contributed by atoms with van der Waals surface area (Å²) in [4.78, 5) is 21.1. The molecule has 2 aliphatic heterocycles. The Labute approximate surface area is 159 Å². The summed E-state index contributed by atoms with van der Waals surface area (Å²) in [7, 11) is 0. The SMILES string of the molecule is CC1CC[NH+](CN2C(=O)C(=Nc3ccc(Cl)cc3)c3ccccc32)CC1. The van der Waals surface area contributed by atoms with Gasteiger partial charge >= 0.3 is 0 Å². The molecule has 1 N–H and O–H groups in total. The minimum Gasteiger partial charge on any atom is -0.317 e. The van der Waals surface area contributed by atoms with Crippen LogP contribution in [0.5, 0.6) is 0 Å². The number of fused-ring (bicyclic) bond motifs is 1. The molecule has 0 bridgehead atoms. The molecule has 0 saturated carbocycles. The first kappa shape index (κ1) is 17.3. The van der Waals surface area contributed by atoms with Crippen molar-refractivity contribution in [3.05, 3.63) is 59.1 Å². The number of para-hydroxylation sites is 1. The van der Waals surface area contributed by atoms with E-state index in [2.05, 4.69) is 11.9 Å². The van der Waals surface area contributed by atoms with Crippen molar-refractivity contribution in [2.45, 2.75) is 19.8 Å². The van der Waals surface area contributed by atoms with Crippen molar-refractivity contribution in [3.8, 4) is 0 Å². The number of anilines is 1. The lowest BCUT2D eigenvalue weighted by molar-refractivity contribution is -0.904. The van der Waals surface area contributed by atoms with Gasteiger partial charge in [0.25, 0.3) is 5.91 Å². The molecule has 26 heavy (non-hydrogen) atoms. The number of aliphatic imine (C=N–C) groups is 1. The fraction of sp³-hybridized carbons (Fsp3) is 0.333. The van der Waals surface area contributed by atoms with E-state index in [0.29, 0.717) is 17.4 Å². The number of benzene rings is 2. The van der Waals surface area contributed by atoms with E-state index in [1.165, 1.54) is 17.7 Å². The van der Waals surface area contributed by atoms with E-state index in [4.69, 9.17) is 11.6 Å². The van der Waals surface area contributed by atoms with Gasteiger partial charge < -0.3 is 4.90 Å². The Morgan fingerprint density at radius 2 is 1.81 bits per heavy atom. The number of hydrogen-bond acceptors (Lipinski definition) is 2. The molecule has 0 aromatic heterocycles. The van der Waals surface area contributed by atoms with Gasteiger partial charge in [-0.2, -0.15) is 0 Å². The second-order valence-corrected chi connectivity index (χ2v) is 7.71. The standard InChI is InChI=1S/C21H22ClN3O/c1-15-10-12-24(13-11-15)14-25-19-5-3-2-4-18(19)20(21(25)26)23-17-8-6-16(22)7-9-17/h2-9,15H,10-14H2,1H3/p+1. The van der Waals surface area contributed by atoms with Gasteiger partial charge in [0, 0.05) is 10.6 Å². The number of likely N-dealkylation sites (tertiary alicyclic amines) is 1. The predicted octanol–water partition coefficient (Wildman–Crippen LogP) is 3.08. The monoisotopic (exact) mass is 368 g/mol. The number of quaternary nitrogens is 1. The maximum atomic E-state index is 13.1. The summed E-state index contributed by atoms with van der Waals surface area (Å²) in [6.45, 7) is 5.26. The molecule has 1 saturated heterocycles. The topological polar surface area (TPSA) is 37.1 Å². The zero-order chi connectivity index (χ0) is 18.1. The van der Waals surface area contributed by atoms with Gasteiger partial charge in [-0.3, -0.25) is 9.69 Å². The largest absolute Gasteiger partial charge is 0.317 e. The van der Waals surface area contributed by atoms with Crippen LogP contribution in [0.2, 0.25) is 5.02 Å². The summed E-state index contributed by atoms with van der Waals surface area (Å²) in [5.74, 6) is 0.787. The van der Waals surface area contributed by atoms with Crippen LogP contribution in [0.1, 0.15) is 25.3 Å². The fourth-order valence-corrected chi connectivity index (χ4v) is 3.85. The third kappa shape index (κ3) is 3.39. The summed E-state index contributed by atoms with van der Waals surface area (Å²) in [6, 6.07) is 15.2. The molecular weight excluding hydrogens is 346 g/mol. The van der Waals surface area contributed by atoms with Crippen LogP contribution < -0.4 is 9.80 Å². The Hall–Kier alpha value is -2.17. The molecule has 5 heteroatoms. The van der Waals surface area contributed by atoms with Gasteiger partial charge in [0.05, 0.1) is 24.5 Å². The van der Waals surface area contributed by atoms with E-state index in [0.717, 1.165) is 35.9 Å². The highest BCUT2D eigenvalue weighted by Gasteiger charge is 2.36. The van der Waals surface area contributed by atoms with Gasteiger partial charge in [0.15, 0.2) is 6.67 Å². The molecule has 0 aliphatic carbocycles. The number of amides is 1. The fourth-order valence-electron chi connectivity index (χ4n) is 3.72. The molecule has 134 valence electrons. The molecule has 2 aromatic carbocycles. The third-order valence-electron chi connectivity index (χ3n) is 5.33. The van der Waals surface area contributed by atoms with Crippen LogP contribution in [-0.2, 0) is 4.79 Å². The highest BCUT2D eigenvalue weighted by atomic mass is 35.5. The third-order valence-corrected chi connectivity index (χ3v) is 5.58. The normalized spacial score (nSPS) is 24.2. The van der Waals surface area contributed by atoms with Gasteiger partial charge in [-0.15, -0.1) is 0 Å². The van der Waals surface area contributed by atoms with Gasteiger partial charge in [-0.25, -0.2) is 4.99 Å². The van der Waals surface area contributed by atoms with Crippen LogP contribution in [0.4, 0.5) is 11.4 Å². The second-order valence-electron chi connectivity index (χ2n) is 7.28. The van der Waals surface area contributed by atoms with Crippen molar-refractivity contribution >= 4 is 34.6 Å². The minimum atomic E-state index is -0.00716. The maximum absolute atomic E-state index is 13.1. The van der Waals surface area contributed by atoms with Crippen LogP contribution in [-0.4, -0.2) is 31.4 Å². The Kier molecular flexibility index (Phi) is 4.79. The quantitative estimate of drug-likeness (QED) is 0.888. The number of piperidine rings is 1. The number of rotatable bonds is 3. The Morgan fingerprint density at radius 3 is 2.54 bits per heavy atom. The number of nitrogens with zero attached hydrogens (tertiary/aromatic N) is 2. The van der Waals surface area contributed by atoms with Crippen molar-refractivity contribution in [2.75, 3.05) is 24.7 Å². The average molecular weight is 369 g/mol. The smallest absolute Gasteiger partial charge is 0.281 e. The molecule has 0 unspecified atom stereocenters. The molecule has 1 fully saturated rings. The number of carbonyl (C=O) groups excluding carboxylic acids is 1. The van der Waals surface area contributed by atoms with Gasteiger partial charge in [0.2, 0.25) is 0 Å². The first-order valence-electron chi connectivity index (χ1n) is 9.21. The van der Waals surface area contributed by atoms with Gasteiger partial charge in [0.1, 0.15) is 5.71 Å². The Balaban J connectivity index is 1.63. The molecule has 0 radical (unpaired) electrons. The van der Waals surface area contributed by atoms with E-state index in [9.17, 15) is 4.79 Å². The molecule has 0 atom stereocenters. The van der Waals surface area contributed by atoms with Crippen LogP contribution in [0.15, 0.2) is 53.5 Å². The van der Waals surface area contributed by atoms with Crippen LogP contribution in [0, 0.1) is 5.92 Å². The summed E-state index contributed by atoms with van der Waals surface area (Å²) < 4.78 is 0. The second kappa shape index (κ2) is 7.22. The van der Waals surface area contributed by atoms with E-state index in [1.807, 2.05) is 41.3 Å². The van der Waals surface area contributed by atoms with Crippen LogP contribution in [0.25, 0.3) is 0 Å². The first-order valence-corrected chi connectivity index (χ1v) is 9.58. The van der Waals surface area contributed by atoms with E-state index in [1.54, 1.807) is 12.1 Å². The Morgan fingerprint density at radius 1 is 1.12 bits per heavy atom. The summed E-state index contributed by atoms with van der Waals surface area (Å²) in [5.41, 5.74) is 3.15. The molecule has 2 heterocycles. The van der Waals surface area contributed by atoms with Crippen molar-refractivity contribution in [1.82, 2.24) is 0 Å². The number of hydrogen-bond donors (Lipinski definition) is 1. The van der Waals surface area contributed by atoms with Crippen LogP contribution >= 0.6 is 11.6 Å². The van der Waals surface area contributed by atoms with Crippen molar-refractivity contribution in [1.29, 1.82) is 0 Å². The molecule has 1 amide bonds. The van der Waals surface area contributed by atoms with Crippen molar-refractivity contribution in [3.63, 3.8) is 0 Å². The Bertz CT molecular complexity index is 839.